The van der Waals surface area contributed by atoms with E-state index in [2.05, 4.69) is 40.1 Å². The first kappa shape index (κ1) is 15.0. The molecule has 0 aliphatic rings. The zero-order chi connectivity index (χ0) is 14.5. The number of carbonyl (C=O) groups excluding carboxylic acids is 1. The monoisotopic (exact) mass is 354 g/mol. The lowest BCUT2D eigenvalue weighted by Gasteiger charge is -2.13. The van der Waals surface area contributed by atoms with E-state index < -0.39 is 0 Å². The number of amides is 1. The molecule has 0 radical (unpaired) electrons. The van der Waals surface area contributed by atoms with Crippen molar-refractivity contribution in [2.45, 2.75) is 13.8 Å². The number of carbonyl (C=O) groups is 1. The highest BCUT2D eigenvalue weighted by Crippen LogP contribution is 2.25. The standard InChI is InChI=1S/C14H15BrN2O2S/c1-9(2)8-19-12-4-3-10(15)7-11(12)13(18)17-14-16-5-6-20-14/h3-7,9H,8H2,1-2H3,(H,16,17,18). The largest absolute Gasteiger partial charge is 0.492 e. The van der Waals surface area contributed by atoms with E-state index in [9.17, 15) is 4.79 Å². The van der Waals surface area contributed by atoms with Gasteiger partial charge in [0.2, 0.25) is 0 Å². The van der Waals surface area contributed by atoms with Crippen molar-refractivity contribution in [2.75, 3.05) is 11.9 Å². The zero-order valence-electron chi connectivity index (χ0n) is 11.2. The van der Waals surface area contributed by atoms with Crippen molar-refractivity contribution in [3.05, 3.63) is 39.8 Å². The number of anilines is 1. The van der Waals surface area contributed by atoms with Crippen LogP contribution in [-0.2, 0) is 0 Å². The molecule has 2 aromatic rings. The Morgan fingerprint density at radius 1 is 1.50 bits per heavy atom. The summed E-state index contributed by atoms with van der Waals surface area (Å²) in [6, 6.07) is 5.40. The Labute approximate surface area is 130 Å². The molecule has 2 rings (SSSR count). The molecule has 0 aliphatic heterocycles. The highest BCUT2D eigenvalue weighted by molar-refractivity contribution is 9.10. The average Bonchev–Trinajstić information content (AvgIpc) is 2.89. The number of ether oxygens (including phenoxy) is 1. The van der Waals surface area contributed by atoms with Crippen LogP contribution in [0.4, 0.5) is 5.13 Å². The van der Waals surface area contributed by atoms with E-state index >= 15 is 0 Å². The third kappa shape index (κ3) is 4.05. The first-order valence-corrected chi connectivity index (χ1v) is 7.86. The number of rotatable bonds is 5. The van der Waals surface area contributed by atoms with E-state index in [1.807, 2.05) is 11.4 Å². The van der Waals surface area contributed by atoms with Crippen LogP contribution in [0.25, 0.3) is 0 Å². The normalized spacial score (nSPS) is 10.6. The molecule has 1 N–H and O–H groups in total. The van der Waals surface area contributed by atoms with Gasteiger partial charge >= 0.3 is 0 Å². The molecule has 0 atom stereocenters. The second kappa shape index (κ2) is 6.85. The van der Waals surface area contributed by atoms with Gasteiger partial charge in [-0.3, -0.25) is 10.1 Å². The topological polar surface area (TPSA) is 51.2 Å². The van der Waals surface area contributed by atoms with Crippen molar-refractivity contribution in [2.24, 2.45) is 5.92 Å². The molecule has 106 valence electrons. The maximum Gasteiger partial charge on any atom is 0.261 e. The highest BCUT2D eigenvalue weighted by atomic mass is 79.9. The Morgan fingerprint density at radius 3 is 2.95 bits per heavy atom. The number of nitrogens with one attached hydrogen (secondary N) is 1. The van der Waals surface area contributed by atoms with Gasteiger partial charge in [-0.15, -0.1) is 11.3 Å². The first-order valence-electron chi connectivity index (χ1n) is 6.19. The van der Waals surface area contributed by atoms with Crippen LogP contribution >= 0.6 is 27.3 Å². The fourth-order valence-corrected chi connectivity index (χ4v) is 2.40. The molecule has 0 bridgehead atoms. The van der Waals surface area contributed by atoms with Gasteiger partial charge in [0.25, 0.3) is 5.91 Å². The second-order valence-corrected chi connectivity index (χ2v) is 6.45. The summed E-state index contributed by atoms with van der Waals surface area (Å²) in [5.41, 5.74) is 0.496. The second-order valence-electron chi connectivity index (χ2n) is 4.64. The van der Waals surface area contributed by atoms with Crippen LogP contribution in [0, 0.1) is 5.92 Å². The van der Waals surface area contributed by atoms with Gasteiger partial charge in [0.1, 0.15) is 5.75 Å². The summed E-state index contributed by atoms with van der Waals surface area (Å²) in [6.45, 7) is 4.70. The molecule has 0 saturated heterocycles. The fraction of sp³-hybridized carbons (Fsp3) is 0.286. The third-order valence-electron chi connectivity index (χ3n) is 2.41. The smallest absolute Gasteiger partial charge is 0.261 e. The Kier molecular flexibility index (Phi) is 5.14. The Balaban J connectivity index is 2.19. The van der Waals surface area contributed by atoms with Crippen molar-refractivity contribution in [1.29, 1.82) is 0 Å². The van der Waals surface area contributed by atoms with Gasteiger partial charge in [0.15, 0.2) is 5.13 Å². The van der Waals surface area contributed by atoms with Gasteiger partial charge in [-0.05, 0) is 24.1 Å². The predicted octanol–water partition coefficient (Wildman–Crippen LogP) is 4.19. The molecule has 1 aromatic heterocycles. The first-order chi connectivity index (χ1) is 9.56. The summed E-state index contributed by atoms with van der Waals surface area (Å²) in [5, 5.41) is 5.15. The van der Waals surface area contributed by atoms with Crippen LogP contribution in [0.1, 0.15) is 24.2 Å². The van der Waals surface area contributed by atoms with Gasteiger partial charge in [0, 0.05) is 16.0 Å². The maximum absolute atomic E-state index is 12.3. The quantitative estimate of drug-likeness (QED) is 0.875. The molecule has 0 saturated carbocycles. The van der Waals surface area contributed by atoms with Crippen LogP contribution in [0.3, 0.4) is 0 Å². The highest BCUT2D eigenvalue weighted by Gasteiger charge is 2.15. The van der Waals surface area contributed by atoms with Crippen LogP contribution in [-0.4, -0.2) is 17.5 Å². The van der Waals surface area contributed by atoms with Crippen molar-refractivity contribution >= 4 is 38.3 Å². The molecule has 6 heteroatoms. The number of aromatic nitrogens is 1. The molecule has 0 fully saturated rings. The van der Waals surface area contributed by atoms with Crippen LogP contribution < -0.4 is 10.1 Å². The lowest BCUT2D eigenvalue weighted by molar-refractivity contribution is 0.102. The molecule has 1 aromatic carbocycles. The number of hydrogen-bond donors (Lipinski definition) is 1. The fourth-order valence-electron chi connectivity index (χ4n) is 1.51. The van der Waals surface area contributed by atoms with E-state index in [0.29, 0.717) is 29.0 Å². The maximum atomic E-state index is 12.3. The van der Waals surface area contributed by atoms with Crippen LogP contribution in [0.2, 0.25) is 0 Å². The third-order valence-corrected chi connectivity index (χ3v) is 3.59. The average molecular weight is 355 g/mol. The van der Waals surface area contributed by atoms with Gasteiger partial charge in [0.05, 0.1) is 12.2 Å². The molecule has 1 amide bonds. The van der Waals surface area contributed by atoms with E-state index in [-0.39, 0.29) is 5.91 Å². The number of thiazole rings is 1. The van der Waals surface area contributed by atoms with Gasteiger partial charge in [-0.25, -0.2) is 4.98 Å². The van der Waals surface area contributed by atoms with Crippen molar-refractivity contribution in [1.82, 2.24) is 4.98 Å². The van der Waals surface area contributed by atoms with Crippen LogP contribution in [0.15, 0.2) is 34.2 Å². The lowest BCUT2D eigenvalue weighted by Crippen LogP contribution is -2.15. The van der Waals surface area contributed by atoms with Crippen molar-refractivity contribution in [3.63, 3.8) is 0 Å². The molecule has 0 aliphatic carbocycles. The number of hydrogen-bond acceptors (Lipinski definition) is 4. The minimum absolute atomic E-state index is 0.222. The number of halogens is 1. The van der Waals surface area contributed by atoms with Crippen molar-refractivity contribution < 1.29 is 9.53 Å². The summed E-state index contributed by atoms with van der Waals surface area (Å²) in [4.78, 5) is 16.3. The van der Waals surface area contributed by atoms with Gasteiger partial charge in [-0.1, -0.05) is 29.8 Å². The minimum Gasteiger partial charge on any atom is -0.492 e. The molecule has 0 unspecified atom stereocenters. The molecule has 0 spiro atoms. The molecular formula is C14H15BrN2O2S. The van der Waals surface area contributed by atoms with Gasteiger partial charge in [-0.2, -0.15) is 0 Å². The summed E-state index contributed by atoms with van der Waals surface area (Å²) in [7, 11) is 0. The Hall–Kier alpha value is -1.40. The molecular weight excluding hydrogens is 340 g/mol. The van der Waals surface area contributed by atoms with Crippen molar-refractivity contribution in [3.8, 4) is 5.75 Å². The Bertz CT molecular complexity index is 585. The van der Waals surface area contributed by atoms with E-state index in [1.165, 1.54) is 11.3 Å². The molecule has 20 heavy (non-hydrogen) atoms. The molecule has 1 heterocycles. The van der Waals surface area contributed by atoms with E-state index in [1.54, 1.807) is 18.3 Å². The summed E-state index contributed by atoms with van der Waals surface area (Å²) in [6.07, 6.45) is 1.65. The lowest BCUT2D eigenvalue weighted by atomic mass is 10.2. The van der Waals surface area contributed by atoms with Crippen LogP contribution in [0.5, 0.6) is 5.75 Å². The molecule has 4 nitrogen and oxygen atoms in total. The number of benzene rings is 1. The van der Waals surface area contributed by atoms with Gasteiger partial charge < -0.3 is 4.74 Å². The predicted molar refractivity (Wildman–Crippen MR) is 84.5 cm³/mol. The SMILES string of the molecule is CC(C)COc1ccc(Br)cc1C(=O)Nc1nccs1. The summed E-state index contributed by atoms with van der Waals surface area (Å²) in [5.74, 6) is 0.754. The zero-order valence-corrected chi connectivity index (χ0v) is 13.6. The van der Waals surface area contributed by atoms with E-state index in [0.717, 1.165) is 4.47 Å². The Morgan fingerprint density at radius 2 is 2.30 bits per heavy atom. The van der Waals surface area contributed by atoms with E-state index in [4.69, 9.17) is 4.74 Å². The number of nitrogens with zero attached hydrogens (tertiary/aromatic N) is 1. The summed E-state index contributed by atoms with van der Waals surface area (Å²) >= 11 is 4.75. The minimum atomic E-state index is -0.222. The summed E-state index contributed by atoms with van der Waals surface area (Å²) < 4.78 is 6.53.